The number of benzene rings is 2. The van der Waals surface area contributed by atoms with Gasteiger partial charge in [0.1, 0.15) is 5.65 Å². The molecule has 0 bridgehead atoms. The van der Waals surface area contributed by atoms with Gasteiger partial charge in [-0.15, -0.1) is 0 Å². The number of carbonyl (C=O) groups is 1. The second-order valence-corrected chi connectivity index (χ2v) is 10.8. The van der Waals surface area contributed by atoms with Crippen molar-refractivity contribution >= 4 is 11.6 Å². The average Bonchev–Trinajstić information content (AvgIpc) is 3.59. The molecule has 190 valence electrons. The predicted octanol–water partition coefficient (Wildman–Crippen LogP) is 6.12. The van der Waals surface area contributed by atoms with Crippen molar-refractivity contribution in [1.82, 2.24) is 19.2 Å². The number of amides is 1. The van der Waals surface area contributed by atoms with Crippen LogP contribution in [0, 0.1) is 19.8 Å². The second-order valence-electron chi connectivity index (χ2n) is 10.8. The highest BCUT2D eigenvalue weighted by Gasteiger charge is 2.30. The lowest BCUT2D eigenvalue weighted by molar-refractivity contribution is -0.137. The first-order chi connectivity index (χ1) is 18.1. The van der Waals surface area contributed by atoms with Crippen LogP contribution in [0.1, 0.15) is 42.5 Å². The van der Waals surface area contributed by atoms with Gasteiger partial charge in [0, 0.05) is 50.4 Å². The zero-order chi connectivity index (χ0) is 25.4. The molecule has 0 N–H and O–H groups in total. The minimum absolute atomic E-state index is 0.263. The van der Waals surface area contributed by atoms with Crippen LogP contribution in [0.25, 0.3) is 28.0 Å². The van der Waals surface area contributed by atoms with Crippen LogP contribution in [0.5, 0.6) is 0 Å². The summed E-state index contributed by atoms with van der Waals surface area (Å²) in [4.78, 5) is 22.6. The Hall–Kier alpha value is -3.44. The van der Waals surface area contributed by atoms with Gasteiger partial charge in [0.2, 0.25) is 5.91 Å². The predicted molar refractivity (Wildman–Crippen MR) is 149 cm³/mol. The topological polar surface area (TPSA) is 40.9 Å². The minimum atomic E-state index is 0.263. The van der Waals surface area contributed by atoms with Crippen LogP contribution in [0.2, 0.25) is 0 Å². The molecule has 0 atom stereocenters. The van der Waals surface area contributed by atoms with E-state index in [1.165, 1.54) is 40.8 Å². The summed E-state index contributed by atoms with van der Waals surface area (Å²) >= 11 is 0. The average molecular weight is 493 g/mol. The van der Waals surface area contributed by atoms with Gasteiger partial charge >= 0.3 is 0 Å². The summed E-state index contributed by atoms with van der Waals surface area (Å²) in [6, 6.07) is 21.5. The van der Waals surface area contributed by atoms with Crippen molar-refractivity contribution in [2.45, 2.75) is 46.1 Å². The van der Waals surface area contributed by atoms with E-state index in [0.717, 1.165) is 62.5 Å². The highest BCUT2D eigenvalue weighted by molar-refractivity contribution is 5.79. The van der Waals surface area contributed by atoms with E-state index in [9.17, 15) is 4.79 Å². The van der Waals surface area contributed by atoms with Crippen LogP contribution >= 0.6 is 0 Å². The van der Waals surface area contributed by atoms with Crippen LogP contribution in [-0.4, -0.2) is 51.3 Å². The molecule has 4 aromatic rings. The van der Waals surface area contributed by atoms with Crippen molar-refractivity contribution < 1.29 is 4.79 Å². The van der Waals surface area contributed by atoms with Crippen molar-refractivity contribution in [3.05, 3.63) is 83.7 Å². The molecule has 0 spiro atoms. The van der Waals surface area contributed by atoms with Gasteiger partial charge in [-0.2, -0.15) is 0 Å². The lowest BCUT2D eigenvalue weighted by Crippen LogP contribution is -2.49. The molecule has 3 heterocycles. The van der Waals surface area contributed by atoms with E-state index < -0.39 is 0 Å². The maximum atomic E-state index is 13.0. The quantitative estimate of drug-likeness (QED) is 0.337. The molecule has 1 saturated heterocycles. The van der Waals surface area contributed by atoms with Crippen LogP contribution < -0.4 is 0 Å². The maximum absolute atomic E-state index is 13.0. The Kier molecular flexibility index (Phi) is 6.56. The fourth-order valence-electron chi connectivity index (χ4n) is 6.05. The Bertz CT molecular complexity index is 1410. The smallest absolute Gasteiger partial charge is 0.225 e. The van der Waals surface area contributed by atoms with E-state index in [-0.39, 0.29) is 5.92 Å². The number of pyridine rings is 1. The third-order valence-electron chi connectivity index (χ3n) is 8.23. The standard InChI is InChI=1S/C32H36N4O/c1-23-12-13-24(2)28(20-23)27-14-15-30-33-31(25-8-4-3-5-9-25)29(36(30)21-27)22-34-16-18-35(19-17-34)32(37)26-10-6-7-11-26/h3-5,8-9,12-15,20-21,26H,6-7,10-11,16-19,22H2,1-2H3. The summed E-state index contributed by atoms with van der Waals surface area (Å²) in [6.45, 7) is 8.57. The number of rotatable bonds is 5. The number of piperazine rings is 1. The molecule has 6 rings (SSSR count). The van der Waals surface area contributed by atoms with Gasteiger partial charge in [-0.25, -0.2) is 4.98 Å². The van der Waals surface area contributed by atoms with E-state index in [1.54, 1.807) is 0 Å². The molecule has 1 amide bonds. The maximum Gasteiger partial charge on any atom is 0.225 e. The summed E-state index contributed by atoms with van der Waals surface area (Å²) in [7, 11) is 0. The van der Waals surface area contributed by atoms with Gasteiger partial charge in [0.15, 0.2) is 0 Å². The molecule has 5 heteroatoms. The molecule has 5 nitrogen and oxygen atoms in total. The molecule has 1 saturated carbocycles. The lowest BCUT2D eigenvalue weighted by Gasteiger charge is -2.36. The number of hydrogen-bond donors (Lipinski definition) is 0. The van der Waals surface area contributed by atoms with E-state index in [4.69, 9.17) is 4.98 Å². The van der Waals surface area contributed by atoms with Crippen molar-refractivity contribution in [3.8, 4) is 22.4 Å². The molecule has 0 radical (unpaired) electrons. The molecule has 2 aliphatic rings. The molecule has 1 aliphatic carbocycles. The van der Waals surface area contributed by atoms with Crippen LogP contribution in [0.15, 0.2) is 66.9 Å². The SMILES string of the molecule is Cc1ccc(C)c(-c2ccc3nc(-c4ccccc4)c(CN4CCN(C(=O)C5CCCC5)CC4)n3c2)c1. The Morgan fingerprint density at radius 2 is 1.65 bits per heavy atom. The third kappa shape index (κ3) is 4.80. The summed E-state index contributed by atoms with van der Waals surface area (Å²) < 4.78 is 2.29. The number of hydrogen-bond acceptors (Lipinski definition) is 3. The zero-order valence-electron chi connectivity index (χ0n) is 22.0. The zero-order valence-corrected chi connectivity index (χ0v) is 22.0. The van der Waals surface area contributed by atoms with Crippen molar-refractivity contribution in [1.29, 1.82) is 0 Å². The molecule has 37 heavy (non-hydrogen) atoms. The summed E-state index contributed by atoms with van der Waals surface area (Å²) in [6.07, 6.45) is 6.81. The molecular weight excluding hydrogens is 456 g/mol. The van der Waals surface area contributed by atoms with Crippen molar-refractivity contribution in [3.63, 3.8) is 0 Å². The molecule has 2 aromatic heterocycles. The third-order valence-corrected chi connectivity index (χ3v) is 8.23. The number of imidazole rings is 1. The van der Waals surface area contributed by atoms with Crippen LogP contribution in [0.3, 0.4) is 0 Å². The first kappa shape index (κ1) is 23.9. The minimum Gasteiger partial charge on any atom is -0.340 e. The number of aromatic nitrogens is 2. The number of nitrogens with zero attached hydrogens (tertiary/aromatic N) is 4. The fraction of sp³-hybridized carbons (Fsp3) is 0.375. The van der Waals surface area contributed by atoms with Crippen LogP contribution in [0.4, 0.5) is 0 Å². The first-order valence-corrected chi connectivity index (χ1v) is 13.7. The molecule has 0 unspecified atom stereocenters. The van der Waals surface area contributed by atoms with E-state index in [0.29, 0.717) is 5.91 Å². The van der Waals surface area contributed by atoms with E-state index in [2.05, 4.69) is 94.9 Å². The van der Waals surface area contributed by atoms with Crippen LogP contribution in [-0.2, 0) is 11.3 Å². The summed E-state index contributed by atoms with van der Waals surface area (Å²) in [5.74, 6) is 0.647. The first-order valence-electron chi connectivity index (χ1n) is 13.7. The Morgan fingerprint density at radius 1 is 0.892 bits per heavy atom. The molecule has 2 fully saturated rings. The van der Waals surface area contributed by atoms with Gasteiger partial charge in [-0.3, -0.25) is 9.69 Å². The Labute approximate surface area is 219 Å². The second kappa shape index (κ2) is 10.1. The van der Waals surface area contributed by atoms with Gasteiger partial charge in [0.25, 0.3) is 0 Å². The number of fused-ring (bicyclic) bond motifs is 1. The van der Waals surface area contributed by atoms with Crippen molar-refractivity contribution in [2.24, 2.45) is 5.92 Å². The van der Waals surface area contributed by atoms with Gasteiger partial charge in [-0.1, -0.05) is 66.9 Å². The summed E-state index contributed by atoms with van der Waals surface area (Å²) in [5, 5.41) is 0. The highest BCUT2D eigenvalue weighted by atomic mass is 16.2. The molecule has 1 aliphatic heterocycles. The van der Waals surface area contributed by atoms with Gasteiger partial charge < -0.3 is 9.30 Å². The lowest BCUT2D eigenvalue weighted by atomic mass is 10.00. The molecule has 2 aromatic carbocycles. The largest absolute Gasteiger partial charge is 0.340 e. The fourth-order valence-corrected chi connectivity index (χ4v) is 6.05. The van der Waals surface area contributed by atoms with Gasteiger partial charge in [-0.05, 0) is 55.5 Å². The van der Waals surface area contributed by atoms with E-state index in [1.807, 2.05) is 0 Å². The molecular formula is C32H36N4O. The Morgan fingerprint density at radius 3 is 2.41 bits per heavy atom. The summed E-state index contributed by atoms with van der Waals surface area (Å²) in [5.41, 5.74) is 9.38. The van der Waals surface area contributed by atoms with E-state index >= 15 is 0 Å². The Balaban J connectivity index is 1.32. The van der Waals surface area contributed by atoms with Gasteiger partial charge in [0.05, 0.1) is 11.4 Å². The number of carbonyl (C=O) groups excluding carboxylic acids is 1. The highest BCUT2D eigenvalue weighted by Crippen LogP contribution is 2.31. The normalized spacial score (nSPS) is 17.1. The monoisotopic (exact) mass is 492 g/mol. The van der Waals surface area contributed by atoms with Crippen molar-refractivity contribution in [2.75, 3.05) is 26.2 Å². The number of aryl methyl sites for hydroxylation is 2.